The topological polar surface area (TPSA) is 32.3 Å². The van der Waals surface area contributed by atoms with Gasteiger partial charge in [-0.25, -0.2) is 9.18 Å². The molecule has 3 nitrogen and oxygen atoms in total. The van der Waals surface area contributed by atoms with Crippen LogP contribution in [0, 0.1) is 5.82 Å². The van der Waals surface area contributed by atoms with Crippen LogP contribution < -0.4 is 10.2 Å². The fourth-order valence-corrected chi connectivity index (χ4v) is 2.05. The second-order valence-corrected chi connectivity index (χ2v) is 4.51. The Hall–Kier alpha value is -2.07. The SMILES string of the molecule is CCN(C(=O)Nc1c(F)cccc1Cl)c1ccccc1. The van der Waals surface area contributed by atoms with Gasteiger partial charge in [-0.15, -0.1) is 0 Å². The third-order valence-corrected chi connectivity index (χ3v) is 3.14. The summed E-state index contributed by atoms with van der Waals surface area (Å²) in [7, 11) is 0. The highest BCUT2D eigenvalue weighted by Crippen LogP contribution is 2.25. The molecule has 0 bridgehead atoms. The molecule has 20 heavy (non-hydrogen) atoms. The van der Waals surface area contributed by atoms with Gasteiger partial charge in [0.1, 0.15) is 5.82 Å². The van der Waals surface area contributed by atoms with Gasteiger partial charge in [-0.2, -0.15) is 0 Å². The van der Waals surface area contributed by atoms with Crippen molar-refractivity contribution >= 4 is 29.0 Å². The lowest BCUT2D eigenvalue weighted by Crippen LogP contribution is -2.35. The van der Waals surface area contributed by atoms with Crippen molar-refractivity contribution in [3.05, 3.63) is 59.4 Å². The normalized spacial score (nSPS) is 10.2. The Morgan fingerprint density at radius 3 is 2.50 bits per heavy atom. The van der Waals surface area contributed by atoms with E-state index in [9.17, 15) is 9.18 Å². The van der Waals surface area contributed by atoms with Crippen LogP contribution in [0.3, 0.4) is 0 Å². The van der Waals surface area contributed by atoms with Gasteiger partial charge in [-0.05, 0) is 31.2 Å². The average Bonchev–Trinajstić information content (AvgIpc) is 2.45. The number of benzene rings is 2. The zero-order chi connectivity index (χ0) is 14.5. The Morgan fingerprint density at radius 2 is 1.90 bits per heavy atom. The molecule has 0 aromatic heterocycles. The highest BCUT2D eigenvalue weighted by Gasteiger charge is 2.16. The van der Waals surface area contributed by atoms with Crippen molar-refractivity contribution in [2.45, 2.75) is 6.92 Å². The van der Waals surface area contributed by atoms with Crippen molar-refractivity contribution < 1.29 is 9.18 Å². The molecule has 0 spiro atoms. The molecular formula is C15H14ClFN2O. The molecular weight excluding hydrogens is 279 g/mol. The molecule has 0 atom stereocenters. The van der Waals surface area contributed by atoms with Crippen LogP contribution in [0.2, 0.25) is 5.02 Å². The number of para-hydroxylation sites is 2. The summed E-state index contributed by atoms with van der Waals surface area (Å²) in [5, 5.41) is 2.68. The third kappa shape index (κ3) is 3.08. The maximum atomic E-state index is 13.7. The predicted molar refractivity (Wildman–Crippen MR) is 79.9 cm³/mol. The maximum absolute atomic E-state index is 13.7. The molecule has 0 saturated carbocycles. The van der Waals surface area contributed by atoms with Crippen molar-refractivity contribution in [1.29, 1.82) is 0 Å². The van der Waals surface area contributed by atoms with E-state index in [1.54, 1.807) is 0 Å². The van der Waals surface area contributed by atoms with Gasteiger partial charge >= 0.3 is 6.03 Å². The van der Waals surface area contributed by atoms with Gasteiger partial charge in [-0.3, -0.25) is 4.90 Å². The van der Waals surface area contributed by atoms with Crippen LogP contribution in [-0.4, -0.2) is 12.6 Å². The summed E-state index contributed by atoms with van der Waals surface area (Å²) < 4.78 is 13.7. The monoisotopic (exact) mass is 292 g/mol. The van der Waals surface area contributed by atoms with Gasteiger partial charge in [-0.1, -0.05) is 35.9 Å². The lowest BCUT2D eigenvalue weighted by Gasteiger charge is -2.22. The van der Waals surface area contributed by atoms with Crippen LogP contribution in [0.5, 0.6) is 0 Å². The lowest BCUT2D eigenvalue weighted by atomic mass is 10.3. The highest BCUT2D eigenvalue weighted by atomic mass is 35.5. The van der Waals surface area contributed by atoms with E-state index in [4.69, 9.17) is 11.6 Å². The van der Waals surface area contributed by atoms with Crippen molar-refractivity contribution in [2.24, 2.45) is 0 Å². The molecule has 0 aliphatic rings. The quantitative estimate of drug-likeness (QED) is 0.885. The van der Waals surface area contributed by atoms with Gasteiger partial charge in [0.05, 0.1) is 10.7 Å². The number of halogens is 2. The Kier molecular flexibility index (Phi) is 4.58. The molecule has 2 rings (SSSR count). The smallest absolute Gasteiger partial charge is 0.304 e. The number of carbonyl (C=O) groups is 1. The van der Waals surface area contributed by atoms with E-state index in [-0.39, 0.29) is 10.7 Å². The number of hydrogen-bond acceptors (Lipinski definition) is 1. The Bertz CT molecular complexity index is 584. The summed E-state index contributed by atoms with van der Waals surface area (Å²) in [6.45, 7) is 2.30. The van der Waals surface area contributed by atoms with Crippen LogP contribution in [0.1, 0.15) is 6.92 Å². The first kappa shape index (κ1) is 14.3. The fourth-order valence-electron chi connectivity index (χ4n) is 1.84. The molecule has 2 amide bonds. The molecule has 1 N–H and O–H groups in total. The van der Waals surface area contributed by atoms with Crippen molar-refractivity contribution in [2.75, 3.05) is 16.8 Å². The minimum Gasteiger partial charge on any atom is -0.304 e. The molecule has 0 saturated heterocycles. The van der Waals surface area contributed by atoms with Crippen molar-refractivity contribution in [3.63, 3.8) is 0 Å². The molecule has 2 aromatic carbocycles. The van der Waals surface area contributed by atoms with E-state index in [2.05, 4.69) is 5.32 Å². The summed E-state index contributed by atoms with van der Waals surface area (Å²) in [6, 6.07) is 13.0. The summed E-state index contributed by atoms with van der Waals surface area (Å²) in [4.78, 5) is 13.7. The Morgan fingerprint density at radius 1 is 1.20 bits per heavy atom. The molecule has 0 aliphatic heterocycles. The highest BCUT2D eigenvalue weighted by molar-refractivity contribution is 6.33. The van der Waals surface area contributed by atoms with Gasteiger partial charge in [0.2, 0.25) is 0 Å². The largest absolute Gasteiger partial charge is 0.326 e. The number of nitrogens with one attached hydrogen (secondary N) is 1. The minimum absolute atomic E-state index is 0.00597. The number of rotatable bonds is 3. The fraction of sp³-hybridized carbons (Fsp3) is 0.133. The number of urea groups is 1. The van der Waals surface area contributed by atoms with Gasteiger partial charge in [0.25, 0.3) is 0 Å². The lowest BCUT2D eigenvalue weighted by molar-refractivity contribution is 0.257. The summed E-state index contributed by atoms with van der Waals surface area (Å²) in [6.07, 6.45) is 0. The van der Waals surface area contributed by atoms with E-state index in [1.807, 2.05) is 37.3 Å². The van der Waals surface area contributed by atoms with Crippen LogP contribution in [0.25, 0.3) is 0 Å². The first-order valence-electron chi connectivity index (χ1n) is 6.21. The van der Waals surface area contributed by atoms with E-state index < -0.39 is 11.8 Å². The predicted octanol–water partition coefficient (Wildman–Crippen LogP) is 4.54. The van der Waals surface area contributed by atoms with E-state index in [0.717, 1.165) is 5.69 Å². The van der Waals surface area contributed by atoms with E-state index in [0.29, 0.717) is 6.54 Å². The molecule has 0 unspecified atom stereocenters. The maximum Gasteiger partial charge on any atom is 0.326 e. The van der Waals surface area contributed by atoms with Crippen LogP contribution in [-0.2, 0) is 0 Å². The van der Waals surface area contributed by atoms with E-state index in [1.165, 1.54) is 23.1 Å². The van der Waals surface area contributed by atoms with E-state index >= 15 is 0 Å². The zero-order valence-corrected chi connectivity index (χ0v) is 11.7. The second-order valence-electron chi connectivity index (χ2n) is 4.11. The molecule has 2 aromatic rings. The zero-order valence-electron chi connectivity index (χ0n) is 10.9. The third-order valence-electron chi connectivity index (χ3n) is 2.82. The summed E-state index contributed by atoms with van der Waals surface area (Å²) >= 11 is 5.89. The standard InChI is InChI=1S/C15H14ClFN2O/c1-2-19(11-7-4-3-5-8-11)15(20)18-14-12(16)9-6-10-13(14)17/h3-10H,2H2,1H3,(H,18,20). The average molecular weight is 293 g/mol. The molecule has 5 heteroatoms. The minimum atomic E-state index is -0.560. The Balaban J connectivity index is 2.23. The molecule has 0 aliphatic carbocycles. The molecule has 0 fully saturated rings. The van der Waals surface area contributed by atoms with Gasteiger partial charge in [0, 0.05) is 12.2 Å². The number of anilines is 2. The molecule has 104 valence electrons. The summed E-state index contributed by atoms with van der Waals surface area (Å²) in [5.74, 6) is -0.560. The molecule has 0 heterocycles. The number of nitrogens with zero attached hydrogens (tertiary/aromatic N) is 1. The first-order valence-corrected chi connectivity index (χ1v) is 6.59. The molecule has 0 radical (unpaired) electrons. The Labute approximate surface area is 122 Å². The second kappa shape index (κ2) is 6.39. The van der Waals surface area contributed by atoms with Crippen LogP contribution in [0.4, 0.5) is 20.6 Å². The van der Waals surface area contributed by atoms with Crippen molar-refractivity contribution in [3.8, 4) is 0 Å². The number of amides is 2. The first-order chi connectivity index (χ1) is 9.63. The van der Waals surface area contributed by atoms with Crippen LogP contribution in [0.15, 0.2) is 48.5 Å². The number of hydrogen-bond donors (Lipinski definition) is 1. The van der Waals surface area contributed by atoms with Crippen LogP contribution >= 0.6 is 11.6 Å². The number of carbonyl (C=O) groups excluding carboxylic acids is 1. The van der Waals surface area contributed by atoms with Gasteiger partial charge in [0.15, 0.2) is 0 Å². The van der Waals surface area contributed by atoms with Crippen molar-refractivity contribution in [1.82, 2.24) is 0 Å². The summed E-state index contributed by atoms with van der Waals surface area (Å²) in [5.41, 5.74) is 0.730. The van der Waals surface area contributed by atoms with Gasteiger partial charge < -0.3 is 5.32 Å².